The SMILES string of the molecule is COc1ccc(Oc2ccc(S(=O)(=O)C3CCCCN(OC(c4ccccc4)(c4ccccc4)c4ccccc4)C3=O)cc2)cc1. The molecule has 5 aromatic carbocycles. The van der Waals surface area contributed by atoms with Gasteiger partial charge in [0.2, 0.25) is 0 Å². The van der Waals surface area contributed by atoms with E-state index in [0.29, 0.717) is 30.1 Å². The Labute approximate surface area is 269 Å². The van der Waals surface area contributed by atoms with E-state index in [-0.39, 0.29) is 17.9 Å². The van der Waals surface area contributed by atoms with Gasteiger partial charge in [-0.1, -0.05) is 91.0 Å². The maximum atomic E-state index is 14.3. The highest BCUT2D eigenvalue weighted by atomic mass is 32.2. The largest absolute Gasteiger partial charge is 0.497 e. The second kappa shape index (κ2) is 13.6. The van der Waals surface area contributed by atoms with Crippen LogP contribution in [0.15, 0.2) is 144 Å². The topological polar surface area (TPSA) is 82.1 Å². The number of amides is 1. The third-order valence-corrected chi connectivity index (χ3v) is 10.3. The Balaban J connectivity index is 1.33. The Kier molecular flexibility index (Phi) is 9.19. The first-order chi connectivity index (χ1) is 22.4. The zero-order valence-electron chi connectivity index (χ0n) is 25.5. The fourth-order valence-corrected chi connectivity index (χ4v) is 7.55. The summed E-state index contributed by atoms with van der Waals surface area (Å²) in [5.41, 5.74) is 1.24. The monoisotopic (exact) mass is 633 g/mol. The first kappa shape index (κ1) is 31.1. The molecule has 1 unspecified atom stereocenters. The molecule has 1 atom stereocenters. The van der Waals surface area contributed by atoms with E-state index in [1.807, 2.05) is 91.0 Å². The lowest BCUT2D eigenvalue weighted by Crippen LogP contribution is -2.47. The van der Waals surface area contributed by atoms with Gasteiger partial charge in [-0.15, -0.1) is 0 Å². The molecule has 1 aliphatic rings. The number of rotatable bonds is 10. The summed E-state index contributed by atoms with van der Waals surface area (Å²) in [5, 5.41) is -0.0213. The van der Waals surface area contributed by atoms with Crippen molar-refractivity contribution in [1.29, 1.82) is 0 Å². The van der Waals surface area contributed by atoms with Crippen LogP contribution in [0.25, 0.3) is 0 Å². The van der Waals surface area contributed by atoms with Crippen LogP contribution >= 0.6 is 0 Å². The Hall–Kier alpha value is -4.92. The molecule has 6 rings (SSSR count). The predicted octanol–water partition coefficient (Wildman–Crippen LogP) is 7.57. The summed E-state index contributed by atoms with van der Waals surface area (Å²) in [6.45, 7) is 0.258. The predicted molar refractivity (Wildman–Crippen MR) is 176 cm³/mol. The van der Waals surface area contributed by atoms with Gasteiger partial charge in [0, 0.05) is 6.54 Å². The number of carbonyl (C=O) groups is 1. The van der Waals surface area contributed by atoms with Crippen LogP contribution in [0.5, 0.6) is 17.2 Å². The summed E-state index contributed by atoms with van der Waals surface area (Å²) in [6, 6.07) is 42.4. The van der Waals surface area contributed by atoms with Crippen molar-refractivity contribution < 1.29 is 27.5 Å². The van der Waals surface area contributed by atoms with Crippen LogP contribution in [-0.4, -0.2) is 38.3 Å². The number of hydroxylamine groups is 2. The molecule has 0 bridgehead atoms. The molecule has 0 N–H and O–H groups in total. The maximum absolute atomic E-state index is 14.3. The van der Waals surface area contributed by atoms with Gasteiger partial charge in [-0.2, -0.15) is 0 Å². The zero-order chi connectivity index (χ0) is 32.0. The van der Waals surface area contributed by atoms with Gasteiger partial charge in [0.05, 0.1) is 12.0 Å². The molecule has 0 aromatic heterocycles. The van der Waals surface area contributed by atoms with Crippen molar-refractivity contribution >= 4 is 15.7 Å². The van der Waals surface area contributed by atoms with Crippen LogP contribution in [0.3, 0.4) is 0 Å². The van der Waals surface area contributed by atoms with E-state index in [0.717, 1.165) is 16.7 Å². The molecule has 8 heteroatoms. The molecule has 1 aliphatic heterocycles. The summed E-state index contributed by atoms with van der Waals surface area (Å²) in [7, 11) is -2.47. The lowest BCUT2D eigenvalue weighted by Gasteiger charge is -2.39. The number of hydrogen-bond acceptors (Lipinski definition) is 6. The van der Waals surface area contributed by atoms with Crippen molar-refractivity contribution in [2.75, 3.05) is 13.7 Å². The molecule has 1 heterocycles. The van der Waals surface area contributed by atoms with Gasteiger partial charge in [-0.3, -0.25) is 4.79 Å². The third kappa shape index (κ3) is 6.27. The third-order valence-electron chi connectivity index (χ3n) is 8.21. The molecule has 1 amide bonds. The summed E-state index contributed by atoms with van der Waals surface area (Å²) >= 11 is 0. The van der Waals surface area contributed by atoms with Crippen LogP contribution in [0.2, 0.25) is 0 Å². The van der Waals surface area contributed by atoms with E-state index in [1.54, 1.807) is 43.5 Å². The molecule has 1 fully saturated rings. The molecule has 0 radical (unpaired) electrons. The Morgan fingerprint density at radius 2 is 1.09 bits per heavy atom. The van der Waals surface area contributed by atoms with Gasteiger partial charge in [-0.25, -0.2) is 18.3 Å². The second-order valence-electron chi connectivity index (χ2n) is 11.1. The maximum Gasteiger partial charge on any atom is 0.264 e. The van der Waals surface area contributed by atoms with Crippen LogP contribution in [0.1, 0.15) is 36.0 Å². The second-order valence-corrected chi connectivity index (χ2v) is 13.2. The molecule has 0 spiro atoms. The molecular weight excluding hydrogens is 598 g/mol. The normalized spacial score (nSPS) is 15.6. The highest BCUT2D eigenvalue weighted by Gasteiger charge is 2.45. The minimum absolute atomic E-state index is 0.0511. The molecule has 1 saturated heterocycles. The number of methoxy groups -OCH3 is 1. The van der Waals surface area contributed by atoms with Crippen LogP contribution in [-0.2, 0) is 25.1 Å². The van der Waals surface area contributed by atoms with Gasteiger partial charge >= 0.3 is 0 Å². The number of benzene rings is 5. The first-order valence-corrected chi connectivity index (χ1v) is 16.8. The summed E-state index contributed by atoms with van der Waals surface area (Å²) in [4.78, 5) is 21.2. The van der Waals surface area contributed by atoms with E-state index >= 15 is 0 Å². The Morgan fingerprint density at radius 3 is 1.57 bits per heavy atom. The minimum atomic E-state index is -4.06. The van der Waals surface area contributed by atoms with E-state index < -0.39 is 26.6 Å². The minimum Gasteiger partial charge on any atom is -0.497 e. The van der Waals surface area contributed by atoms with Crippen molar-refractivity contribution in [3.63, 3.8) is 0 Å². The van der Waals surface area contributed by atoms with Gasteiger partial charge in [0.1, 0.15) is 22.5 Å². The van der Waals surface area contributed by atoms with Crippen molar-refractivity contribution in [3.8, 4) is 17.2 Å². The molecule has 234 valence electrons. The molecular formula is C38H35NO6S. The van der Waals surface area contributed by atoms with Crippen LogP contribution in [0.4, 0.5) is 0 Å². The number of sulfone groups is 1. The van der Waals surface area contributed by atoms with Gasteiger partial charge in [-0.05, 0) is 84.5 Å². The standard InChI is InChI=1S/C38H35NO6S/c1-43-32-20-22-33(23-21-32)44-34-24-26-35(27-25-34)46(41,42)36-19-11-12-28-39(37(36)40)45-38(29-13-5-2-6-14-29,30-15-7-3-8-16-30)31-17-9-4-10-18-31/h2-10,13-18,20-27,36H,11-12,19,28H2,1H3. The smallest absolute Gasteiger partial charge is 0.264 e. The van der Waals surface area contributed by atoms with Gasteiger partial charge < -0.3 is 9.47 Å². The van der Waals surface area contributed by atoms with Crippen molar-refractivity contribution in [2.24, 2.45) is 0 Å². The van der Waals surface area contributed by atoms with Crippen molar-refractivity contribution in [1.82, 2.24) is 5.06 Å². The molecule has 46 heavy (non-hydrogen) atoms. The lowest BCUT2D eigenvalue weighted by atomic mass is 9.80. The van der Waals surface area contributed by atoms with Crippen LogP contribution in [0, 0.1) is 0 Å². The fraction of sp³-hybridized carbons (Fsp3) is 0.184. The number of hydrogen-bond donors (Lipinski definition) is 0. The number of nitrogens with zero attached hydrogens (tertiary/aromatic N) is 1. The highest BCUT2D eigenvalue weighted by molar-refractivity contribution is 7.92. The van der Waals surface area contributed by atoms with Gasteiger partial charge in [0.15, 0.2) is 15.4 Å². The average Bonchev–Trinajstić information content (AvgIpc) is 3.30. The van der Waals surface area contributed by atoms with E-state index in [2.05, 4.69) is 0 Å². The summed E-state index contributed by atoms with van der Waals surface area (Å²) in [6.07, 6.45) is 1.35. The lowest BCUT2D eigenvalue weighted by molar-refractivity contribution is -0.221. The molecule has 0 aliphatic carbocycles. The average molecular weight is 634 g/mol. The van der Waals surface area contributed by atoms with Crippen molar-refractivity contribution in [3.05, 3.63) is 156 Å². The highest BCUT2D eigenvalue weighted by Crippen LogP contribution is 2.42. The number of ether oxygens (including phenoxy) is 2. The number of carbonyl (C=O) groups excluding carboxylic acids is 1. The Morgan fingerprint density at radius 1 is 0.630 bits per heavy atom. The van der Waals surface area contributed by atoms with Crippen molar-refractivity contribution in [2.45, 2.75) is 35.0 Å². The fourth-order valence-electron chi connectivity index (χ4n) is 5.84. The van der Waals surface area contributed by atoms with E-state index in [9.17, 15) is 13.2 Å². The van der Waals surface area contributed by atoms with Crippen LogP contribution < -0.4 is 9.47 Å². The first-order valence-electron chi connectivity index (χ1n) is 15.2. The van der Waals surface area contributed by atoms with E-state index in [4.69, 9.17) is 14.3 Å². The van der Waals surface area contributed by atoms with E-state index in [1.165, 1.54) is 17.2 Å². The zero-order valence-corrected chi connectivity index (χ0v) is 26.3. The quantitative estimate of drug-likeness (QED) is 0.148. The van der Waals surface area contributed by atoms with Gasteiger partial charge in [0.25, 0.3) is 5.91 Å². The molecule has 7 nitrogen and oxygen atoms in total. The Bertz CT molecular complexity index is 1750. The summed E-state index contributed by atoms with van der Waals surface area (Å²) in [5.74, 6) is 1.18. The summed E-state index contributed by atoms with van der Waals surface area (Å²) < 4.78 is 39.2. The molecule has 5 aromatic rings. The molecule has 0 saturated carbocycles.